The smallest absolute Gasteiger partial charge is 0.258 e. The SMILES string of the molecule is C[C@H](N)Cn1ccc2ccccc2c1=O. The molecule has 1 atom stereocenters. The lowest BCUT2D eigenvalue weighted by molar-refractivity contribution is 0.577. The van der Waals surface area contributed by atoms with E-state index < -0.39 is 0 Å². The lowest BCUT2D eigenvalue weighted by atomic mass is 10.2. The van der Waals surface area contributed by atoms with Crippen LogP contribution in [0.25, 0.3) is 10.8 Å². The number of hydrogen-bond acceptors (Lipinski definition) is 2. The van der Waals surface area contributed by atoms with Gasteiger partial charge in [-0.15, -0.1) is 0 Å². The van der Waals surface area contributed by atoms with E-state index >= 15 is 0 Å². The number of nitrogens with zero attached hydrogens (tertiary/aromatic N) is 1. The van der Waals surface area contributed by atoms with Gasteiger partial charge in [-0.1, -0.05) is 18.2 Å². The minimum absolute atomic E-state index is 0.0103. The Balaban J connectivity index is 2.60. The fourth-order valence-electron chi connectivity index (χ4n) is 1.68. The molecule has 2 aromatic rings. The summed E-state index contributed by atoms with van der Waals surface area (Å²) >= 11 is 0. The lowest BCUT2D eigenvalue weighted by Gasteiger charge is -2.09. The quantitative estimate of drug-likeness (QED) is 0.799. The van der Waals surface area contributed by atoms with Crippen LogP contribution < -0.4 is 11.3 Å². The predicted octanol–water partition coefficient (Wildman–Crippen LogP) is 1.35. The molecule has 0 aliphatic carbocycles. The summed E-state index contributed by atoms with van der Waals surface area (Å²) in [6.07, 6.45) is 1.80. The molecule has 3 nitrogen and oxygen atoms in total. The maximum absolute atomic E-state index is 12.0. The van der Waals surface area contributed by atoms with Gasteiger partial charge < -0.3 is 10.3 Å². The van der Waals surface area contributed by atoms with Gasteiger partial charge in [0.15, 0.2) is 0 Å². The number of hydrogen-bond donors (Lipinski definition) is 1. The van der Waals surface area contributed by atoms with Crippen molar-refractivity contribution in [2.45, 2.75) is 19.5 Å². The highest BCUT2D eigenvalue weighted by Crippen LogP contribution is 2.07. The van der Waals surface area contributed by atoms with E-state index in [-0.39, 0.29) is 11.6 Å². The van der Waals surface area contributed by atoms with E-state index in [1.165, 1.54) is 0 Å². The average Bonchev–Trinajstić information content (AvgIpc) is 2.22. The summed E-state index contributed by atoms with van der Waals surface area (Å²) in [4.78, 5) is 12.0. The molecule has 0 spiro atoms. The fourth-order valence-corrected chi connectivity index (χ4v) is 1.68. The van der Waals surface area contributed by atoms with Crippen molar-refractivity contribution in [3.8, 4) is 0 Å². The maximum Gasteiger partial charge on any atom is 0.258 e. The summed E-state index contributed by atoms with van der Waals surface area (Å²) in [6.45, 7) is 2.45. The summed E-state index contributed by atoms with van der Waals surface area (Å²) in [6, 6.07) is 9.52. The van der Waals surface area contributed by atoms with Crippen molar-refractivity contribution in [2.75, 3.05) is 0 Å². The predicted molar refractivity (Wildman–Crippen MR) is 61.9 cm³/mol. The van der Waals surface area contributed by atoms with Crippen LogP contribution in [0.1, 0.15) is 6.92 Å². The van der Waals surface area contributed by atoms with Crippen molar-refractivity contribution in [1.29, 1.82) is 0 Å². The molecule has 15 heavy (non-hydrogen) atoms. The Labute approximate surface area is 88.1 Å². The van der Waals surface area contributed by atoms with Crippen LogP contribution in [0.5, 0.6) is 0 Å². The van der Waals surface area contributed by atoms with Crippen LogP contribution in [0.15, 0.2) is 41.3 Å². The molecule has 3 heteroatoms. The van der Waals surface area contributed by atoms with E-state index in [1.54, 1.807) is 10.8 Å². The van der Waals surface area contributed by atoms with E-state index in [2.05, 4.69) is 0 Å². The number of benzene rings is 1. The molecule has 0 bridgehead atoms. The molecule has 0 unspecified atom stereocenters. The van der Waals surface area contributed by atoms with Gasteiger partial charge in [0.25, 0.3) is 5.56 Å². The Bertz CT molecular complexity index is 528. The summed E-state index contributed by atoms with van der Waals surface area (Å²) in [5.41, 5.74) is 5.71. The third-order valence-electron chi connectivity index (χ3n) is 2.37. The van der Waals surface area contributed by atoms with Crippen molar-refractivity contribution in [3.63, 3.8) is 0 Å². The molecular weight excluding hydrogens is 188 g/mol. The summed E-state index contributed by atoms with van der Waals surface area (Å²) in [5.74, 6) is 0. The van der Waals surface area contributed by atoms with Gasteiger partial charge in [-0.05, 0) is 24.4 Å². The third-order valence-corrected chi connectivity index (χ3v) is 2.37. The van der Waals surface area contributed by atoms with E-state index in [0.29, 0.717) is 6.54 Å². The monoisotopic (exact) mass is 202 g/mol. The van der Waals surface area contributed by atoms with Crippen molar-refractivity contribution < 1.29 is 0 Å². The van der Waals surface area contributed by atoms with Crippen LogP contribution in [0, 0.1) is 0 Å². The molecular formula is C12H14N2O. The standard InChI is InChI=1S/C12H14N2O/c1-9(13)8-14-7-6-10-4-2-3-5-11(10)12(14)15/h2-7,9H,8,13H2,1H3/t9-/m0/s1. The van der Waals surface area contributed by atoms with Gasteiger partial charge >= 0.3 is 0 Å². The second-order valence-electron chi connectivity index (χ2n) is 3.84. The van der Waals surface area contributed by atoms with Crippen LogP contribution in [0.2, 0.25) is 0 Å². The first-order valence-corrected chi connectivity index (χ1v) is 5.02. The first-order chi connectivity index (χ1) is 7.18. The Morgan fingerprint density at radius 3 is 2.80 bits per heavy atom. The Morgan fingerprint density at radius 2 is 2.07 bits per heavy atom. The number of pyridine rings is 1. The highest BCUT2D eigenvalue weighted by Gasteiger charge is 2.02. The summed E-state index contributed by atoms with van der Waals surface area (Å²) < 4.78 is 1.66. The molecule has 0 saturated carbocycles. The average molecular weight is 202 g/mol. The lowest BCUT2D eigenvalue weighted by Crippen LogP contribution is -2.29. The fraction of sp³-hybridized carbons (Fsp3) is 0.250. The van der Waals surface area contributed by atoms with Gasteiger partial charge in [0.2, 0.25) is 0 Å². The molecule has 1 heterocycles. The highest BCUT2D eigenvalue weighted by molar-refractivity contribution is 5.81. The molecule has 2 rings (SSSR count). The molecule has 2 N–H and O–H groups in total. The summed E-state index contributed by atoms with van der Waals surface area (Å²) in [5, 5.41) is 1.73. The molecule has 0 radical (unpaired) electrons. The van der Waals surface area contributed by atoms with E-state index in [0.717, 1.165) is 10.8 Å². The van der Waals surface area contributed by atoms with Crippen LogP contribution in [-0.2, 0) is 6.54 Å². The highest BCUT2D eigenvalue weighted by atomic mass is 16.1. The molecule has 0 aliphatic heterocycles. The zero-order valence-corrected chi connectivity index (χ0v) is 8.68. The maximum atomic E-state index is 12.0. The number of fused-ring (bicyclic) bond motifs is 1. The molecule has 0 fully saturated rings. The third kappa shape index (κ3) is 1.92. The number of aromatic nitrogens is 1. The van der Waals surface area contributed by atoms with Gasteiger partial charge in [-0.3, -0.25) is 4.79 Å². The minimum Gasteiger partial charge on any atom is -0.326 e. The van der Waals surface area contributed by atoms with Crippen molar-refractivity contribution >= 4 is 10.8 Å². The zero-order valence-electron chi connectivity index (χ0n) is 8.68. The zero-order chi connectivity index (χ0) is 10.8. The van der Waals surface area contributed by atoms with Gasteiger partial charge in [0.1, 0.15) is 0 Å². The Morgan fingerprint density at radius 1 is 1.33 bits per heavy atom. The topological polar surface area (TPSA) is 48.0 Å². The van der Waals surface area contributed by atoms with Crippen molar-refractivity contribution in [3.05, 3.63) is 46.9 Å². The van der Waals surface area contributed by atoms with Gasteiger partial charge in [-0.25, -0.2) is 0 Å². The largest absolute Gasteiger partial charge is 0.326 e. The van der Waals surface area contributed by atoms with Crippen LogP contribution in [0.3, 0.4) is 0 Å². The van der Waals surface area contributed by atoms with Crippen LogP contribution in [0.4, 0.5) is 0 Å². The number of rotatable bonds is 2. The van der Waals surface area contributed by atoms with E-state index in [4.69, 9.17) is 5.73 Å². The molecule has 0 aliphatic rings. The van der Waals surface area contributed by atoms with Crippen molar-refractivity contribution in [1.82, 2.24) is 4.57 Å². The van der Waals surface area contributed by atoms with E-state index in [1.807, 2.05) is 37.3 Å². The second kappa shape index (κ2) is 3.87. The second-order valence-corrected chi connectivity index (χ2v) is 3.84. The van der Waals surface area contributed by atoms with Crippen molar-refractivity contribution in [2.24, 2.45) is 5.73 Å². The van der Waals surface area contributed by atoms with Crippen LogP contribution in [-0.4, -0.2) is 10.6 Å². The first kappa shape index (κ1) is 9.93. The number of nitrogens with two attached hydrogens (primary N) is 1. The summed E-state index contributed by atoms with van der Waals surface area (Å²) in [7, 11) is 0. The molecule has 1 aromatic heterocycles. The normalized spacial score (nSPS) is 12.9. The first-order valence-electron chi connectivity index (χ1n) is 5.02. The minimum atomic E-state index is -0.0103. The van der Waals surface area contributed by atoms with E-state index in [9.17, 15) is 4.79 Å². The molecule has 0 amide bonds. The molecule has 78 valence electrons. The van der Waals surface area contributed by atoms with Crippen LogP contribution >= 0.6 is 0 Å². The molecule has 1 aromatic carbocycles. The van der Waals surface area contributed by atoms with Gasteiger partial charge in [-0.2, -0.15) is 0 Å². The Hall–Kier alpha value is -1.61. The van der Waals surface area contributed by atoms with Gasteiger partial charge in [0, 0.05) is 24.2 Å². The molecule has 0 saturated heterocycles. The van der Waals surface area contributed by atoms with Gasteiger partial charge in [0.05, 0.1) is 0 Å². The Kier molecular flexibility index (Phi) is 2.56.